The lowest BCUT2D eigenvalue weighted by molar-refractivity contribution is -0.140. The van der Waals surface area contributed by atoms with Crippen LogP contribution in [-0.2, 0) is 22.6 Å². The number of carbonyl (C=O) groups excluding carboxylic acids is 2. The number of rotatable bonds is 8. The predicted octanol–water partition coefficient (Wildman–Crippen LogP) is 5.79. The molecule has 1 N–H and O–H groups in total. The molecule has 0 bridgehead atoms. The van der Waals surface area contributed by atoms with Crippen molar-refractivity contribution in [1.82, 2.24) is 10.2 Å². The van der Waals surface area contributed by atoms with Gasteiger partial charge in [0.25, 0.3) is 0 Å². The van der Waals surface area contributed by atoms with E-state index in [0.29, 0.717) is 44.2 Å². The van der Waals surface area contributed by atoms with Gasteiger partial charge in [-0.2, -0.15) is 0 Å². The van der Waals surface area contributed by atoms with Crippen LogP contribution in [0.2, 0.25) is 20.1 Å². The fourth-order valence-corrected chi connectivity index (χ4v) is 3.76. The maximum absolute atomic E-state index is 13.2. The van der Waals surface area contributed by atoms with Crippen LogP contribution in [0.4, 0.5) is 0 Å². The van der Waals surface area contributed by atoms with Gasteiger partial charge in [-0.1, -0.05) is 65.5 Å². The molecule has 0 aromatic heterocycles. The zero-order valence-electron chi connectivity index (χ0n) is 16.1. The summed E-state index contributed by atoms with van der Waals surface area (Å²) in [5.74, 6) is -0.421. The average Bonchev–Trinajstić information content (AvgIpc) is 2.66. The molecule has 29 heavy (non-hydrogen) atoms. The third kappa shape index (κ3) is 6.51. The topological polar surface area (TPSA) is 49.4 Å². The van der Waals surface area contributed by atoms with Gasteiger partial charge in [-0.3, -0.25) is 9.59 Å². The Labute approximate surface area is 191 Å². The maximum atomic E-state index is 13.2. The van der Waals surface area contributed by atoms with Gasteiger partial charge in [0.2, 0.25) is 11.8 Å². The molecule has 2 aromatic rings. The molecule has 4 nitrogen and oxygen atoms in total. The Kier molecular flexibility index (Phi) is 9.09. The van der Waals surface area contributed by atoms with Gasteiger partial charge in [0.05, 0.1) is 16.5 Å². The lowest BCUT2D eigenvalue weighted by Crippen LogP contribution is -2.49. The number of nitrogens with one attached hydrogen (secondary N) is 1. The molecule has 0 aliphatic rings. The predicted molar refractivity (Wildman–Crippen MR) is 120 cm³/mol. The number of hydrogen-bond acceptors (Lipinski definition) is 2. The van der Waals surface area contributed by atoms with E-state index in [1.807, 2.05) is 13.8 Å². The molecule has 0 spiro atoms. The third-order valence-electron chi connectivity index (χ3n) is 4.43. The maximum Gasteiger partial charge on any atom is 0.242 e. The summed E-state index contributed by atoms with van der Waals surface area (Å²) >= 11 is 24.3. The van der Waals surface area contributed by atoms with Crippen LogP contribution in [-0.4, -0.2) is 29.3 Å². The largest absolute Gasteiger partial charge is 0.355 e. The van der Waals surface area contributed by atoms with Crippen LogP contribution < -0.4 is 5.32 Å². The molecular weight excluding hydrogens is 454 g/mol. The van der Waals surface area contributed by atoms with Crippen LogP contribution >= 0.6 is 46.4 Å². The van der Waals surface area contributed by atoms with E-state index in [9.17, 15) is 9.59 Å². The molecule has 0 saturated heterocycles. The Morgan fingerprint density at radius 3 is 2.28 bits per heavy atom. The van der Waals surface area contributed by atoms with Gasteiger partial charge in [-0.15, -0.1) is 0 Å². The summed E-state index contributed by atoms with van der Waals surface area (Å²) in [5.41, 5.74) is 1.42. The van der Waals surface area contributed by atoms with Crippen molar-refractivity contribution in [3.8, 4) is 0 Å². The fourth-order valence-electron chi connectivity index (χ4n) is 2.97. The highest BCUT2D eigenvalue weighted by Gasteiger charge is 2.29. The first-order valence-corrected chi connectivity index (χ1v) is 10.7. The molecule has 2 amide bonds. The Morgan fingerprint density at radius 1 is 0.966 bits per heavy atom. The summed E-state index contributed by atoms with van der Waals surface area (Å²) in [7, 11) is 0. The van der Waals surface area contributed by atoms with Crippen molar-refractivity contribution in [3.05, 3.63) is 67.6 Å². The zero-order valence-corrected chi connectivity index (χ0v) is 19.2. The van der Waals surface area contributed by atoms with Crippen molar-refractivity contribution < 1.29 is 9.59 Å². The second kappa shape index (κ2) is 11.1. The Balaban J connectivity index is 2.34. The zero-order chi connectivity index (χ0) is 21.6. The highest BCUT2D eigenvalue weighted by molar-refractivity contribution is 6.42. The lowest BCUT2D eigenvalue weighted by atomic mass is 10.1. The summed E-state index contributed by atoms with van der Waals surface area (Å²) in [4.78, 5) is 27.3. The quantitative estimate of drug-likeness (QED) is 0.525. The number of nitrogens with zero attached hydrogens (tertiary/aromatic N) is 1. The SMILES string of the molecule is CCNC(=O)C(CC)N(Cc1ccc(Cl)cc1Cl)C(=O)Cc1ccc(Cl)c(Cl)c1. The molecule has 0 radical (unpaired) electrons. The van der Waals surface area contributed by atoms with Crippen LogP contribution in [0.3, 0.4) is 0 Å². The molecule has 1 unspecified atom stereocenters. The number of likely N-dealkylation sites (N-methyl/N-ethyl adjacent to an activating group) is 1. The highest BCUT2D eigenvalue weighted by atomic mass is 35.5. The molecule has 8 heteroatoms. The van der Waals surface area contributed by atoms with Crippen LogP contribution in [0, 0.1) is 0 Å². The first kappa shape index (κ1) is 23.8. The first-order chi connectivity index (χ1) is 13.8. The van der Waals surface area contributed by atoms with E-state index in [-0.39, 0.29) is 24.8 Å². The molecule has 1 atom stereocenters. The Morgan fingerprint density at radius 2 is 1.69 bits per heavy atom. The van der Waals surface area contributed by atoms with Crippen molar-refractivity contribution in [2.24, 2.45) is 0 Å². The molecule has 0 saturated carbocycles. The fraction of sp³-hybridized carbons (Fsp3) is 0.333. The van der Waals surface area contributed by atoms with Crippen molar-refractivity contribution in [3.63, 3.8) is 0 Å². The van der Waals surface area contributed by atoms with E-state index >= 15 is 0 Å². The van der Waals surface area contributed by atoms with E-state index in [2.05, 4.69) is 5.32 Å². The highest BCUT2D eigenvalue weighted by Crippen LogP contribution is 2.26. The van der Waals surface area contributed by atoms with E-state index in [1.165, 1.54) is 0 Å². The van der Waals surface area contributed by atoms with Gasteiger partial charge >= 0.3 is 0 Å². The Bertz CT molecular complexity index is 889. The van der Waals surface area contributed by atoms with Crippen LogP contribution in [0.15, 0.2) is 36.4 Å². The number of halogens is 4. The molecule has 2 rings (SSSR count). The van der Waals surface area contributed by atoms with Crippen molar-refractivity contribution >= 4 is 58.2 Å². The van der Waals surface area contributed by atoms with E-state index < -0.39 is 6.04 Å². The van der Waals surface area contributed by atoms with Gasteiger partial charge < -0.3 is 10.2 Å². The summed E-state index contributed by atoms with van der Waals surface area (Å²) in [6.45, 7) is 4.36. The summed E-state index contributed by atoms with van der Waals surface area (Å²) in [5, 5.41) is 4.53. The van der Waals surface area contributed by atoms with Gasteiger partial charge in [0, 0.05) is 23.1 Å². The second-order valence-corrected chi connectivity index (χ2v) is 8.16. The third-order valence-corrected chi connectivity index (χ3v) is 5.76. The number of carbonyl (C=O) groups is 2. The molecule has 0 heterocycles. The van der Waals surface area contributed by atoms with Gasteiger partial charge in [0.1, 0.15) is 6.04 Å². The van der Waals surface area contributed by atoms with Crippen LogP contribution in [0.5, 0.6) is 0 Å². The molecule has 0 aliphatic carbocycles. The Hall–Kier alpha value is -1.46. The van der Waals surface area contributed by atoms with E-state index in [1.54, 1.807) is 41.3 Å². The van der Waals surface area contributed by atoms with Gasteiger partial charge in [0.15, 0.2) is 0 Å². The number of amides is 2. The van der Waals surface area contributed by atoms with Gasteiger partial charge in [-0.25, -0.2) is 0 Å². The summed E-state index contributed by atoms with van der Waals surface area (Å²) in [6, 6.07) is 9.50. The van der Waals surface area contributed by atoms with Gasteiger partial charge in [-0.05, 0) is 48.7 Å². The lowest BCUT2D eigenvalue weighted by Gasteiger charge is -2.31. The molecule has 156 valence electrons. The summed E-state index contributed by atoms with van der Waals surface area (Å²) in [6.07, 6.45) is 0.544. The minimum atomic E-state index is -0.628. The molecule has 0 aliphatic heterocycles. The van der Waals surface area contributed by atoms with Crippen molar-refractivity contribution in [1.29, 1.82) is 0 Å². The molecule has 0 fully saturated rings. The average molecular weight is 476 g/mol. The van der Waals surface area contributed by atoms with E-state index in [0.717, 1.165) is 0 Å². The normalized spacial score (nSPS) is 11.8. The molecular formula is C21H22Cl4N2O2. The number of hydrogen-bond donors (Lipinski definition) is 1. The monoisotopic (exact) mass is 474 g/mol. The molecule has 2 aromatic carbocycles. The van der Waals surface area contributed by atoms with Crippen molar-refractivity contribution in [2.45, 2.75) is 39.3 Å². The standard InChI is InChI=1S/C21H22Cl4N2O2/c1-3-19(21(29)26-4-2)27(12-14-6-7-15(22)11-17(14)24)20(28)10-13-5-8-16(23)18(25)9-13/h5-9,11,19H,3-4,10,12H2,1-2H3,(H,26,29). The van der Waals surface area contributed by atoms with Crippen LogP contribution in [0.1, 0.15) is 31.4 Å². The van der Waals surface area contributed by atoms with Crippen LogP contribution in [0.25, 0.3) is 0 Å². The van der Waals surface area contributed by atoms with E-state index in [4.69, 9.17) is 46.4 Å². The smallest absolute Gasteiger partial charge is 0.242 e. The first-order valence-electron chi connectivity index (χ1n) is 9.21. The van der Waals surface area contributed by atoms with Crippen molar-refractivity contribution in [2.75, 3.05) is 6.54 Å². The number of benzene rings is 2. The minimum absolute atomic E-state index is 0.0814. The summed E-state index contributed by atoms with van der Waals surface area (Å²) < 4.78 is 0. The minimum Gasteiger partial charge on any atom is -0.355 e. The second-order valence-electron chi connectivity index (χ2n) is 6.50.